The van der Waals surface area contributed by atoms with Crippen LogP contribution in [0.4, 0.5) is 0 Å². The van der Waals surface area contributed by atoms with Gasteiger partial charge in [0.05, 0.1) is 20.3 Å². The summed E-state index contributed by atoms with van der Waals surface area (Å²) in [7, 11) is 3.02. The molecule has 0 spiro atoms. The summed E-state index contributed by atoms with van der Waals surface area (Å²) in [6.07, 6.45) is 1.70. The van der Waals surface area contributed by atoms with Crippen molar-refractivity contribution in [2.75, 3.05) is 27.4 Å². The Bertz CT molecular complexity index is 162. The first-order chi connectivity index (χ1) is 5.35. The van der Waals surface area contributed by atoms with Crippen molar-refractivity contribution in [2.24, 2.45) is 4.99 Å². The summed E-state index contributed by atoms with van der Waals surface area (Å²) in [4.78, 5) is 3.86. The Hall–Kier alpha value is -1.28. The molecule has 5 heteroatoms. The molecule has 0 fully saturated rings. The quantitative estimate of drug-likeness (QED) is 0.201. The lowest BCUT2D eigenvalue weighted by Gasteiger charge is -1.99. The van der Waals surface area contributed by atoms with E-state index >= 15 is 0 Å². The van der Waals surface area contributed by atoms with Gasteiger partial charge in [0.2, 0.25) is 0 Å². The zero-order chi connectivity index (χ0) is 8.53. The van der Waals surface area contributed by atoms with Crippen LogP contribution in [0.5, 0.6) is 0 Å². The standard InChI is InChI=1S/C6H11N3O2/c1-10-4-3-8-6(11-2)9-5-7/h3-4H2,1-2H3,(H,8,9). The molecular weight excluding hydrogens is 146 g/mol. The van der Waals surface area contributed by atoms with Crippen molar-refractivity contribution in [3.05, 3.63) is 0 Å². The lowest BCUT2D eigenvalue weighted by molar-refractivity contribution is 0.207. The van der Waals surface area contributed by atoms with Gasteiger partial charge in [-0.25, -0.2) is 10.3 Å². The van der Waals surface area contributed by atoms with Crippen molar-refractivity contribution in [3.8, 4) is 6.19 Å². The third kappa shape index (κ3) is 5.18. The lowest BCUT2D eigenvalue weighted by Crippen LogP contribution is -2.20. The molecule has 0 saturated carbocycles. The van der Waals surface area contributed by atoms with Crippen LogP contribution in [0.1, 0.15) is 0 Å². The summed E-state index contributed by atoms with van der Waals surface area (Å²) in [5.74, 6) is 0. The van der Waals surface area contributed by atoms with Crippen molar-refractivity contribution >= 4 is 6.02 Å². The molecule has 0 aromatic heterocycles. The van der Waals surface area contributed by atoms with E-state index in [1.807, 2.05) is 0 Å². The average molecular weight is 157 g/mol. The van der Waals surface area contributed by atoms with E-state index in [0.29, 0.717) is 13.2 Å². The summed E-state index contributed by atoms with van der Waals surface area (Å²) in [5, 5.41) is 10.4. The Balaban J connectivity index is 3.63. The zero-order valence-corrected chi connectivity index (χ0v) is 6.63. The summed E-state index contributed by atoms with van der Waals surface area (Å²) >= 11 is 0. The topological polar surface area (TPSA) is 66.6 Å². The van der Waals surface area contributed by atoms with Gasteiger partial charge >= 0.3 is 0 Å². The van der Waals surface area contributed by atoms with E-state index in [4.69, 9.17) is 14.7 Å². The predicted molar refractivity (Wildman–Crippen MR) is 39.9 cm³/mol. The molecule has 0 aromatic carbocycles. The smallest absolute Gasteiger partial charge is 0.297 e. The van der Waals surface area contributed by atoms with Gasteiger partial charge in [-0.15, -0.1) is 0 Å². The number of nitriles is 1. The number of ether oxygens (including phenoxy) is 2. The second-order valence-corrected chi connectivity index (χ2v) is 1.62. The van der Waals surface area contributed by atoms with Crippen LogP contribution >= 0.6 is 0 Å². The summed E-state index contributed by atoms with van der Waals surface area (Å²) in [6, 6.07) is 0.213. The van der Waals surface area contributed by atoms with Gasteiger partial charge in [0.25, 0.3) is 6.02 Å². The van der Waals surface area contributed by atoms with Gasteiger partial charge in [-0.3, -0.25) is 0 Å². The Labute approximate surface area is 65.6 Å². The minimum Gasteiger partial charge on any atom is -0.468 e. The maximum atomic E-state index is 8.17. The maximum absolute atomic E-state index is 8.17. The Morgan fingerprint density at radius 2 is 2.36 bits per heavy atom. The van der Waals surface area contributed by atoms with Crippen LogP contribution in [-0.4, -0.2) is 33.4 Å². The number of nitrogens with one attached hydrogen (secondary N) is 1. The first kappa shape index (κ1) is 9.72. The highest BCUT2D eigenvalue weighted by Crippen LogP contribution is 1.76. The fourth-order valence-electron chi connectivity index (χ4n) is 0.441. The number of methoxy groups -OCH3 is 2. The fourth-order valence-corrected chi connectivity index (χ4v) is 0.441. The summed E-state index contributed by atoms with van der Waals surface area (Å²) in [6.45, 7) is 0.994. The van der Waals surface area contributed by atoms with Crippen LogP contribution < -0.4 is 5.32 Å². The SMILES string of the molecule is COCCN=C(NC#N)OC. The molecule has 0 saturated heterocycles. The Morgan fingerprint density at radius 3 is 2.82 bits per heavy atom. The van der Waals surface area contributed by atoms with E-state index in [9.17, 15) is 0 Å². The van der Waals surface area contributed by atoms with E-state index < -0.39 is 0 Å². The van der Waals surface area contributed by atoms with E-state index in [2.05, 4.69) is 10.3 Å². The number of nitrogens with zero attached hydrogens (tertiary/aromatic N) is 2. The fraction of sp³-hybridized carbons (Fsp3) is 0.667. The van der Waals surface area contributed by atoms with Crippen LogP contribution in [0.25, 0.3) is 0 Å². The minimum absolute atomic E-state index is 0.213. The second kappa shape index (κ2) is 6.83. The van der Waals surface area contributed by atoms with Crippen molar-refractivity contribution < 1.29 is 9.47 Å². The average Bonchev–Trinajstić information content (AvgIpc) is 2.03. The highest BCUT2D eigenvalue weighted by atomic mass is 16.5. The molecule has 0 heterocycles. The molecule has 0 aliphatic carbocycles. The van der Waals surface area contributed by atoms with Crippen LogP contribution in [0.3, 0.4) is 0 Å². The molecular formula is C6H11N3O2. The number of hydrogen-bond acceptors (Lipinski definition) is 4. The molecule has 0 unspecified atom stereocenters. The minimum atomic E-state index is 0.213. The van der Waals surface area contributed by atoms with Crippen LogP contribution in [0.2, 0.25) is 0 Å². The van der Waals surface area contributed by atoms with Gasteiger partial charge in [-0.1, -0.05) is 0 Å². The van der Waals surface area contributed by atoms with Crippen LogP contribution in [0.15, 0.2) is 4.99 Å². The third-order valence-corrected chi connectivity index (χ3v) is 0.907. The number of hydrogen-bond donors (Lipinski definition) is 1. The number of aliphatic imine (C=N–C) groups is 1. The van der Waals surface area contributed by atoms with Gasteiger partial charge in [-0.05, 0) is 0 Å². The van der Waals surface area contributed by atoms with Crippen molar-refractivity contribution in [2.45, 2.75) is 0 Å². The molecule has 0 amide bonds. The van der Waals surface area contributed by atoms with Gasteiger partial charge in [0.1, 0.15) is 0 Å². The van der Waals surface area contributed by atoms with Crippen molar-refractivity contribution in [1.82, 2.24) is 5.32 Å². The number of amidine groups is 1. The molecule has 0 rings (SSSR count). The lowest BCUT2D eigenvalue weighted by atomic mass is 10.7. The highest BCUT2D eigenvalue weighted by Gasteiger charge is 1.92. The predicted octanol–water partition coefficient (Wildman–Crippen LogP) is -0.294. The van der Waals surface area contributed by atoms with E-state index in [0.717, 1.165) is 0 Å². The molecule has 5 nitrogen and oxygen atoms in total. The van der Waals surface area contributed by atoms with E-state index in [1.165, 1.54) is 7.11 Å². The van der Waals surface area contributed by atoms with E-state index in [-0.39, 0.29) is 6.02 Å². The normalized spacial score (nSPS) is 10.5. The van der Waals surface area contributed by atoms with Gasteiger partial charge < -0.3 is 9.47 Å². The maximum Gasteiger partial charge on any atom is 0.297 e. The Kier molecular flexibility index (Phi) is 6.04. The molecule has 0 aliphatic rings. The monoisotopic (exact) mass is 157 g/mol. The largest absolute Gasteiger partial charge is 0.468 e. The molecule has 0 aromatic rings. The zero-order valence-electron chi connectivity index (χ0n) is 6.63. The summed E-state index contributed by atoms with van der Waals surface area (Å²) < 4.78 is 9.44. The van der Waals surface area contributed by atoms with Crippen LogP contribution in [-0.2, 0) is 9.47 Å². The van der Waals surface area contributed by atoms with Gasteiger partial charge in [0, 0.05) is 7.11 Å². The molecule has 62 valence electrons. The molecule has 0 bridgehead atoms. The van der Waals surface area contributed by atoms with Crippen LogP contribution in [0, 0.1) is 11.5 Å². The third-order valence-electron chi connectivity index (χ3n) is 0.907. The van der Waals surface area contributed by atoms with Gasteiger partial charge in [0.15, 0.2) is 6.19 Å². The first-order valence-corrected chi connectivity index (χ1v) is 3.07. The van der Waals surface area contributed by atoms with Gasteiger partial charge in [-0.2, -0.15) is 5.26 Å². The molecule has 1 N–H and O–H groups in total. The number of rotatable bonds is 3. The van der Waals surface area contributed by atoms with Crippen molar-refractivity contribution in [1.29, 1.82) is 5.26 Å². The second-order valence-electron chi connectivity index (χ2n) is 1.62. The highest BCUT2D eigenvalue weighted by molar-refractivity contribution is 5.74. The van der Waals surface area contributed by atoms with E-state index in [1.54, 1.807) is 13.3 Å². The first-order valence-electron chi connectivity index (χ1n) is 3.07. The molecule has 11 heavy (non-hydrogen) atoms. The molecule has 0 aliphatic heterocycles. The summed E-state index contributed by atoms with van der Waals surface area (Å²) in [5.41, 5.74) is 0. The molecule has 0 atom stereocenters. The molecule has 0 radical (unpaired) electrons. The Morgan fingerprint density at radius 1 is 1.64 bits per heavy atom. The van der Waals surface area contributed by atoms with Crippen molar-refractivity contribution in [3.63, 3.8) is 0 Å².